The quantitative estimate of drug-likeness (QED) is 0.438. The number of methoxy groups -OCH3 is 1. The number of benzene rings is 2. The van der Waals surface area contributed by atoms with Gasteiger partial charge in [-0.05, 0) is 43.5 Å². The van der Waals surface area contributed by atoms with Crippen LogP contribution in [0.15, 0.2) is 71.9 Å². The summed E-state index contributed by atoms with van der Waals surface area (Å²) in [6.07, 6.45) is 8.69. The summed E-state index contributed by atoms with van der Waals surface area (Å²) in [4.78, 5) is 34.4. The van der Waals surface area contributed by atoms with Crippen molar-refractivity contribution < 1.29 is 18.7 Å². The van der Waals surface area contributed by atoms with E-state index in [0.29, 0.717) is 49.5 Å². The summed E-state index contributed by atoms with van der Waals surface area (Å²) >= 11 is 0. The van der Waals surface area contributed by atoms with Crippen LogP contribution in [-0.2, 0) is 4.79 Å². The molecule has 4 aromatic rings. The summed E-state index contributed by atoms with van der Waals surface area (Å²) in [6, 6.07) is 13.2. The van der Waals surface area contributed by atoms with Crippen LogP contribution < -0.4 is 9.64 Å². The molecule has 0 aliphatic carbocycles. The second kappa shape index (κ2) is 9.24. The number of nitrogens with one attached hydrogen (secondary N) is 1. The van der Waals surface area contributed by atoms with Gasteiger partial charge in [-0.2, -0.15) is 5.10 Å². The Hall–Kier alpha value is -4.40. The summed E-state index contributed by atoms with van der Waals surface area (Å²) in [7, 11) is 1.63. The Kier molecular flexibility index (Phi) is 5.75. The van der Waals surface area contributed by atoms with Crippen molar-refractivity contribution in [2.75, 3.05) is 31.6 Å². The first kappa shape index (κ1) is 23.0. The molecule has 9 nitrogen and oxygen atoms in total. The van der Waals surface area contributed by atoms with Crippen LogP contribution >= 0.6 is 0 Å². The van der Waals surface area contributed by atoms with Crippen LogP contribution in [0, 0.1) is 5.41 Å². The highest BCUT2D eigenvalue weighted by atomic mass is 16.5. The molecule has 1 spiro atoms. The van der Waals surface area contributed by atoms with Crippen molar-refractivity contribution in [1.82, 2.24) is 20.1 Å². The third kappa shape index (κ3) is 4.06. The first-order valence-electron chi connectivity index (χ1n) is 12.4. The first-order valence-corrected chi connectivity index (χ1v) is 12.4. The van der Waals surface area contributed by atoms with Crippen molar-refractivity contribution in [1.29, 1.82) is 0 Å². The number of oxazole rings is 1. The van der Waals surface area contributed by atoms with Crippen molar-refractivity contribution in [3.63, 3.8) is 0 Å². The molecule has 0 atom stereocenters. The number of H-pyrrole nitrogens is 1. The second-order valence-corrected chi connectivity index (χ2v) is 9.59. The number of rotatable bonds is 5. The number of nitrogens with zero attached hydrogens (tertiary/aromatic N) is 4. The van der Waals surface area contributed by atoms with Crippen molar-refractivity contribution in [3.8, 4) is 28.2 Å². The summed E-state index contributed by atoms with van der Waals surface area (Å²) in [5.41, 5.74) is 3.75. The zero-order chi connectivity index (χ0) is 25.4. The van der Waals surface area contributed by atoms with Crippen LogP contribution in [0.4, 0.5) is 5.69 Å². The van der Waals surface area contributed by atoms with E-state index >= 15 is 0 Å². The van der Waals surface area contributed by atoms with Gasteiger partial charge in [0.1, 0.15) is 5.75 Å². The van der Waals surface area contributed by atoms with Crippen LogP contribution in [0.1, 0.15) is 29.6 Å². The van der Waals surface area contributed by atoms with E-state index in [2.05, 4.69) is 15.2 Å². The van der Waals surface area contributed by atoms with E-state index in [1.807, 2.05) is 58.5 Å². The third-order valence-corrected chi connectivity index (χ3v) is 7.68. The summed E-state index contributed by atoms with van der Waals surface area (Å²) < 4.78 is 10.9. The standard InChI is InChI=1S/C28H27N5O4/c1-36-24-14-22(6-7-23(24)21-15-30-31-16-21)33-13-10-28(27(33)35)8-11-32(12-9-28)26(34)20-4-2-19(3-5-20)25-17-29-18-37-25/h2-7,14-18H,8-13H2,1H3,(H,30,31). The van der Waals surface area contributed by atoms with Gasteiger partial charge in [-0.1, -0.05) is 12.1 Å². The van der Waals surface area contributed by atoms with Gasteiger partial charge in [-0.25, -0.2) is 4.98 Å². The van der Waals surface area contributed by atoms with Gasteiger partial charge >= 0.3 is 0 Å². The third-order valence-electron chi connectivity index (χ3n) is 7.68. The van der Waals surface area contributed by atoms with E-state index in [4.69, 9.17) is 9.15 Å². The van der Waals surface area contributed by atoms with Gasteiger partial charge in [-0.15, -0.1) is 0 Å². The molecule has 1 N–H and O–H groups in total. The molecule has 0 radical (unpaired) electrons. The van der Waals surface area contributed by atoms with Gasteiger partial charge < -0.3 is 19.0 Å². The van der Waals surface area contributed by atoms with E-state index in [9.17, 15) is 9.59 Å². The van der Waals surface area contributed by atoms with Crippen molar-refractivity contribution in [2.45, 2.75) is 19.3 Å². The molecule has 0 bridgehead atoms. The minimum absolute atomic E-state index is 0.0131. The van der Waals surface area contributed by atoms with E-state index < -0.39 is 5.41 Å². The average Bonchev–Trinajstić information content (AvgIpc) is 3.72. The van der Waals surface area contributed by atoms with Gasteiger partial charge in [0.2, 0.25) is 5.91 Å². The maximum absolute atomic E-state index is 13.6. The Morgan fingerprint density at radius 1 is 1.03 bits per heavy atom. The normalized spacial score (nSPS) is 16.9. The smallest absolute Gasteiger partial charge is 0.253 e. The van der Waals surface area contributed by atoms with Gasteiger partial charge in [0, 0.05) is 59.8 Å². The maximum Gasteiger partial charge on any atom is 0.253 e. The highest BCUT2D eigenvalue weighted by molar-refractivity contribution is 6.01. The highest BCUT2D eigenvalue weighted by Gasteiger charge is 2.49. The molecular weight excluding hydrogens is 470 g/mol. The van der Waals surface area contributed by atoms with Gasteiger partial charge in [-0.3, -0.25) is 14.7 Å². The average molecular weight is 498 g/mol. The van der Waals surface area contributed by atoms with E-state index in [1.54, 1.807) is 19.5 Å². The van der Waals surface area contributed by atoms with Crippen LogP contribution in [0.3, 0.4) is 0 Å². The minimum atomic E-state index is -0.427. The van der Waals surface area contributed by atoms with E-state index in [0.717, 1.165) is 28.8 Å². The number of ether oxygens (including phenoxy) is 1. The zero-order valence-electron chi connectivity index (χ0n) is 20.5. The molecule has 0 unspecified atom stereocenters. The fourth-order valence-corrected chi connectivity index (χ4v) is 5.47. The zero-order valence-corrected chi connectivity index (χ0v) is 20.5. The Morgan fingerprint density at radius 2 is 1.81 bits per heavy atom. The Bertz CT molecular complexity index is 1410. The van der Waals surface area contributed by atoms with Crippen LogP contribution in [-0.4, -0.2) is 58.6 Å². The number of carbonyl (C=O) groups is 2. The largest absolute Gasteiger partial charge is 0.496 e. The molecule has 188 valence electrons. The van der Waals surface area contributed by atoms with E-state index in [1.165, 1.54) is 6.39 Å². The Labute approximate surface area is 214 Å². The van der Waals surface area contributed by atoms with Crippen LogP contribution in [0.5, 0.6) is 5.75 Å². The number of hydrogen-bond donors (Lipinski definition) is 1. The van der Waals surface area contributed by atoms with Gasteiger partial charge in [0.25, 0.3) is 5.91 Å². The molecule has 9 heteroatoms. The fourth-order valence-electron chi connectivity index (χ4n) is 5.47. The predicted octanol–water partition coefficient (Wildman–Crippen LogP) is 4.40. The molecule has 2 aliphatic heterocycles. The van der Waals surface area contributed by atoms with Crippen molar-refractivity contribution >= 4 is 17.5 Å². The lowest BCUT2D eigenvalue weighted by Crippen LogP contribution is -2.46. The van der Waals surface area contributed by atoms with Crippen molar-refractivity contribution in [3.05, 3.63) is 73.0 Å². The molecule has 37 heavy (non-hydrogen) atoms. The molecule has 2 aromatic carbocycles. The number of amides is 2. The molecule has 0 saturated carbocycles. The number of aromatic nitrogens is 3. The minimum Gasteiger partial charge on any atom is -0.496 e. The van der Waals surface area contributed by atoms with E-state index in [-0.39, 0.29) is 11.8 Å². The lowest BCUT2D eigenvalue weighted by atomic mass is 9.77. The highest BCUT2D eigenvalue weighted by Crippen LogP contribution is 2.44. The monoisotopic (exact) mass is 497 g/mol. The van der Waals surface area contributed by atoms with Crippen molar-refractivity contribution in [2.24, 2.45) is 5.41 Å². The first-order chi connectivity index (χ1) is 18.1. The number of hydrogen-bond acceptors (Lipinski definition) is 6. The number of aromatic amines is 1. The molecule has 2 aromatic heterocycles. The molecule has 4 heterocycles. The van der Waals surface area contributed by atoms with Crippen LogP contribution in [0.25, 0.3) is 22.5 Å². The molecule has 6 rings (SSSR count). The molecule has 2 amide bonds. The lowest BCUT2D eigenvalue weighted by Gasteiger charge is -2.38. The topological polar surface area (TPSA) is 105 Å². The fraction of sp³-hybridized carbons (Fsp3) is 0.286. The number of carbonyl (C=O) groups excluding carboxylic acids is 2. The Balaban J connectivity index is 1.13. The number of likely N-dealkylation sites (tertiary alicyclic amines) is 1. The van der Waals surface area contributed by atoms with Crippen LogP contribution in [0.2, 0.25) is 0 Å². The predicted molar refractivity (Wildman–Crippen MR) is 137 cm³/mol. The lowest BCUT2D eigenvalue weighted by molar-refractivity contribution is -0.127. The molecule has 2 aliphatic rings. The van der Waals surface area contributed by atoms with Gasteiger partial charge in [0.05, 0.1) is 24.9 Å². The van der Waals surface area contributed by atoms with Gasteiger partial charge in [0.15, 0.2) is 12.2 Å². The Morgan fingerprint density at radius 3 is 2.49 bits per heavy atom. The maximum atomic E-state index is 13.6. The SMILES string of the molecule is COc1cc(N2CCC3(CCN(C(=O)c4ccc(-c5cnco5)cc4)CC3)C2=O)ccc1-c1cn[nH]c1. The molecular formula is C28H27N5O4. The molecule has 2 fully saturated rings. The summed E-state index contributed by atoms with van der Waals surface area (Å²) in [6.45, 7) is 1.78. The number of anilines is 1. The second-order valence-electron chi connectivity index (χ2n) is 9.59. The number of piperidine rings is 1. The molecule has 2 saturated heterocycles. The summed E-state index contributed by atoms with van der Waals surface area (Å²) in [5.74, 6) is 1.48. The summed E-state index contributed by atoms with van der Waals surface area (Å²) in [5, 5.41) is 6.84.